The fourth-order valence-corrected chi connectivity index (χ4v) is 2.02. The van der Waals surface area contributed by atoms with E-state index >= 15 is 0 Å². The first-order valence-corrected chi connectivity index (χ1v) is 5.81. The van der Waals surface area contributed by atoms with Gasteiger partial charge in [0.25, 0.3) is 0 Å². The predicted octanol–water partition coefficient (Wildman–Crippen LogP) is 4.30. The van der Waals surface area contributed by atoms with Gasteiger partial charge in [-0.1, -0.05) is 48.0 Å². The minimum absolute atomic E-state index is 0.228. The molecule has 1 unspecified atom stereocenters. The molecule has 0 aromatic heterocycles. The van der Waals surface area contributed by atoms with Crippen LogP contribution in [0.25, 0.3) is 0 Å². The molecule has 0 aliphatic rings. The van der Waals surface area contributed by atoms with Gasteiger partial charge in [-0.3, -0.25) is 0 Å². The van der Waals surface area contributed by atoms with Crippen molar-refractivity contribution < 1.29 is 0 Å². The zero-order valence-electron chi connectivity index (χ0n) is 9.52. The zero-order chi connectivity index (χ0) is 12.3. The van der Waals surface area contributed by atoms with Crippen molar-refractivity contribution in [2.45, 2.75) is 12.8 Å². The van der Waals surface area contributed by atoms with Crippen LogP contribution in [0.15, 0.2) is 48.5 Å². The van der Waals surface area contributed by atoms with Crippen LogP contribution < -0.4 is 0 Å². The van der Waals surface area contributed by atoms with E-state index in [9.17, 15) is 5.26 Å². The third-order valence-electron chi connectivity index (χ3n) is 2.83. The lowest BCUT2D eigenvalue weighted by Gasteiger charge is -2.12. The maximum absolute atomic E-state index is 9.34. The highest BCUT2D eigenvalue weighted by atomic mass is 35.5. The maximum Gasteiger partial charge on any atom is 0.0965 e. The number of hydrogen-bond acceptors (Lipinski definition) is 1. The summed E-state index contributed by atoms with van der Waals surface area (Å²) in [5.41, 5.74) is 3.16. The number of nitrogens with zero attached hydrogens (tertiary/aromatic N) is 1. The molecule has 0 aliphatic carbocycles. The standard InChI is InChI=1S/C15H12ClN/c1-11-4-2-3-5-14(11)15(10-17)12-6-8-13(16)9-7-12/h2-9,15H,1H3. The second-order valence-corrected chi connectivity index (χ2v) is 4.41. The van der Waals surface area contributed by atoms with Crippen molar-refractivity contribution in [1.29, 1.82) is 5.26 Å². The highest BCUT2D eigenvalue weighted by Gasteiger charge is 2.14. The minimum atomic E-state index is -0.228. The molecule has 0 amide bonds. The van der Waals surface area contributed by atoms with Gasteiger partial charge >= 0.3 is 0 Å². The van der Waals surface area contributed by atoms with E-state index in [0.717, 1.165) is 16.7 Å². The Morgan fingerprint density at radius 3 is 2.29 bits per heavy atom. The lowest BCUT2D eigenvalue weighted by Crippen LogP contribution is -2.00. The summed E-state index contributed by atoms with van der Waals surface area (Å²) < 4.78 is 0. The first-order valence-electron chi connectivity index (χ1n) is 5.43. The van der Waals surface area contributed by atoms with Gasteiger partial charge in [-0.25, -0.2) is 0 Å². The molecule has 0 N–H and O–H groups in total. The molecule has 2 rings (SSSR count). The van der Waals surface area contributed by atoms with Crippen LogP contribution in [-0.4, -0.2) is 0 Å². The lowest BCUT2D eigenvalue weighted by atomic mass is 9.90. The molecule has 2 aromatic rings. The van der Waals surface area contributed by atoms with Gasteiger partial charge in [0.1, 0.15) is 0 Å². The minimum Gasteiger partial charge on any atom is -0.197 e. The molecule has 1 atom stereocenters. The number of rotatable bonds is 2. The van der Waals surface area contributed by atoms with E-state index in [4.69, 9.17) is 11.6 Å². The van der Waals surface area contributed by atoms with E-state index in [2.05, 4.69) is 6.07 Å². The molecule has 0 aliphatic heterocycles. The Balaban J connectivity index is 2.45. The third-order valence-corrected chi connectivity index (χ3v) is 3.08. The van der Waals surface area contributed by atoms with Crippen molar-refractivity contribution >= 4 is 11.6 Å². The van der Waals surface area contributed by atoms with Gasteiger partial charge in [-0.05, 0) is 35.7 Å². The van der Waals surface area contributed by atoms with Crippen LogP contribution in [0.1, 0.15) is 22.6 Å². The van der Waals surface area contributed by atoms with Gasteiger partial charge in [-0.15, -0.1) is 0 Å². The van der Waals surface area contributed by atoms with Crippen LogP contribution in [0.3, 0.4) is 0 Å². The Hall–Kier alpha value is -1.78. The molecule has 84 valence electrons. The molecule has 0 saturated carbocycles. The van der Waals surface area contributed by atoms with E-state index in [-0.39, 0.29) is 5.92 Å². The van der Waals surface area contributed by atoms with Crippen molar-refractivity contribution in [2.24, 2.45) is 0 Å². The summed E-state index contributed by atoms with van der Waals surface area (Å²) in [5.74, 6) is -0.228. The number of halogens is 1. The molecule has 0 fully saturated rings. The van der Waals surface area contributed by atoms with Crippen LogP contribution >= 0.6 is 11.6 Å². The number of benzene rings is 2. The summed E-state index contributed by atoms with van der Waals surface area (Å²) in [6.07, 6.45) is 0. The largest absolute Gasteiger partial charge is 0.197 e. The Labute approximate surface area is 106 Å². The fraction of sp³-hybridized carbons (Fsp3) is 0.133. The van der Waals surface area contributed by atoms with Crippen molar-refractivity contribution in [3.05, 3.63) is 70.2 Å². The highest BCUT2D eigenvalue weighted by molar-refractivity contribution is 6.30. The summed E-state index contributed by atoms with van der Waals surface area (Å²) in [6, 6.07) is 17.8. The second kappa shape index (κ2) is 5.03. The fourth-order valence-electron chi connectivity index (χ4n) is 1.89. The molecule has 2 heteroatoms. The summed E-state index contributed by atoms with van der Waals surface area (Å²) in [6.45, 7) is 2.02. The van der Waals surface area contributed by atoms with Crippen LogP contribution in [0.4, 0.5) is 0 Å². The average Bonchev–Trinajstić information content (AvgIpc) is 2.35. The van der Waals surface area contributed by atoms with E-state index in [1.165, 1.54) is 0 Å². The van der Waals surface area contributed by atoms with Crippen molar-refractivity contribution in [3.63, 3.8) is 0 Å². The number of hydrogen-bond donors (Lipinski definition) is 0. The third kappa shape index (κ3) is 2.49. The monoisotopic (exact) mass is 241 g/mol. The van der Waals surface area contributed by atoms with Crippen LogP contribution in [0, 0.1) is 18.3 Å². The predicted molar refractivity (Wildman–Crippen MR) is 70.1 cm³/mol. The normalized spacial score (nSPS) is 11.8. The first kappa shape index (κ1) is 11.7. The van der Waals surface area contributed by atoms with Crippen molar-refractivity contribution in [1.82, 2.24) is 0 Å². The first-order chi connectivity index (χ1) is 8.22. The smallest absolute Gasteiger partial charge is 0.0965 e. The van der Waals surface area contributed by atoms with Gasteiger partial charge in [-0.2, -0.15) is 5.26 Å². The Kier molecular flexibility index (Phi) is 3.46. The average molecular weight is 242 g/mol. The number of aryl methyl sites for hydroxylation is 1. The maximum atomic E-state index is 9.34. The van der Waals surface area contributed by atoms with E-state index in [0.29, 0.717) is 5.02 Å². The van der Waals surface area contributed by atoms with Crippen LogP contribution in [0.2, 0.25) is 5.02 Å². The Bertz CT molecular complexity index is 552. The van der Waals surface area contributed by atoms with E-state index in [1.807, 2.05) is 55.5 Å². The Morgan fingerprint density at radius 2 is 1.71 bits per heavy atom. The van der Waals surface area contributed by atoms with Crippen LogP contribution in [-0.2, 0) is 0 Å². The summed E-state index contributed by atoms with van der Waals surface area (Å²) >= 11 is 5.85. The summed E-state index contributed by atoms with van der Waals surface area (Å²) in [4.78, 5) is 0. The van der Waals surface area contributed by atoms with E-state index in [1.54, 1.807) is 0 Å². The van der Waals surface area contributed by atoms with Crippen molar-refractivity contribution in [2.75, 3.05) is 0 Å². The molecule has 2 aromatic carbocycles. The van der Waals surface area contributed by atoms with Gasteiger partial charge in [0.05, 0.1) is 12.0 Å². The molecule has 0 heterocycles. The molecule has 0 bridgehead atoms. The highest BCUT2D eigenvalue weighted by Crippen LogP contribution is 2.27. The summed E-state index contributed by atoms with van der Waals surface area (Å²) in [5, 5.41) is 10.0. The second-order valence-electron chi connectivity index (χ2n) is 3.97. The molecular weight excluding hydrogens is 230 g/mol. The zero-order valence-corrected chi connectivity index (χ0v) is 10.3. The van der Waals surface area contributed by atoms with Gasteiger partial charge in [0.2, 0.25) is 0 Å². The van der Waals surface area contributed by atoms with E-state index < -0.39 is 0 Å². The molecule has 0 spiro atoms. The quantitative estimate of drug-likeness (QED) is 0.769. The topological polar surface area (TPSA) is 23.8 Å². The van der Waals surface area contributed by atoms with Gasteiger partial charge in [0.15, 0.2) is 0 Å². The molecule has 0 saturated heterocycles. The molecule has 17 heavy (non-hydrogen) atoms. The van der Waals surface area contributed by atoms with Crippen molar-refractivity contribution in [3.8, 4) is 6.07 Å². The van der Waals surface area contributed by atoms with Crippen LogP contribution in [0.5, 0.6) is 0 Å². The lowest BCUT2D eigenvalue weighted by molar-refractivity contribution is 1.02. The summed E-state index contributed by atoms with van der Waals surface area (Å²) in [7, 11) is 0. The van der Waals surface area contributed by atoms with Gasteiger partial charge in [0, 0.05) is 5.02 Å². The number of nitriles is 1. The molecular formula is C15H12ClN. The Morgan fingerprint density at radius 1 is 1.06 bits per heavy atom. The SMILES string of the molecule is Cc1ccccc1C(C#N)c1ccc(Cl)cc1. The van der Waals surface area contributed by atoms with Gasteiger partial charge < -0.3 is 0 Å². The molecule has 0 radical (unpaired) electrons. The molecule has 1 nitrogen and oxygen atoms in total.